The molecular weight excluding hydrogens is 415 g/mol. The topological polar surface area (TPSA) is 87.7 Å². The van der Waals surface area contributed by atoms with Gasteiger partial charge in [-0.1, -0.05) is 6.07 Å². The predicted molar refractivity (Wildman–Crippen MR) is 107 cm³/mol. The molecule has 0 spiro atoms. The smallest absolute Gasteiger partial charge is 0.416 e. The van der Waals surface area contributed by atoms with E-state index in [0.717, 1.165) is 12.1 Å². The molecule has 0 saturated heterocycles. The summed E-state index contributed by atoms with van der Waals surface area (Å²) in [7, 11) is 0. The third-order valence-electron chi connectivity index (χ3n) is 4.36. The number of nitrogens with one attached hydrogen (secondary N) is 2. The molecule has 0 saturated carbocycles. The second-order valence-electron chi connectivity index (χ2n) is 7.21. The number of alkyl halides is 3. The lowest BCUT2D eigenvalue weighted by Gasteiger charge is -2.29. The fourth-order valence-corrected chi connectivity index (χ4v) is 3.00. The molecule has 0 aromatic heterocycles. The Bertz CT molecular complexity index is 1020. The summed E-state index contributed by atoms with van der Waals surface area (Å²) in [4.78, 5) is 38.2. The van der Waals surface area contributed by atoms with Crippen LogP contribution in [0, 0.1) is 0 Å². The van der Waals surface area contributed by atoms with Gasteiger partial charge in [0.25, 0.3) is 11.8 Å². The van der Waals surface area contributed by atoms with Crippen LogP contribution in [-0.4, -0.2) is 36.9 Å². The molecule has 31 heavy (non-hydrogen) atoms. The van der Waals surface area contributed by atoms with Crippen LogP contribution in [0.4, 0.5) is 24.5 Å². The molecule has 164 valence electrons. The molecule has 1 aliphatic heterocycles. The first-order valence-electron chi connectivity index (χ1n) is 9.40. The lowest BCUT2D eigenvalue weighted by atomic mass is 10.1. The zero-order valence-electron chi connectivity index (χ0n) is 16.7. The van der Waals surface area contributed by atoms with Crippen LogP contribution in [0.5, 0.6) is 5.75 Å². The van der Waals surface area contributed by atoms with Gasteiger partial charge in [0.1, 0.15) is 12.3 Å². The fraction of sp³-hybridized carbons (Fsp3) is 0.286. The average Bonchev–Trinajstić information content (AvgIpc) is 2.69. The van der Waals surface area contributed by atoms with E-state index in [2.05, 4.69) is 10.6 Å². The van der Waals surface area contributed by atoms with Crippen LogP contribution in [0.1, 0.15) is 29.8 Å². The van der Waals surface area contributed by atoms with Crippen LogP contribution >= 0.6 is 0 Å². The number of amides is 3. The van der Waals surface area contributed by atoms with Crippen molar-refractivity contribution in [3.63, 3.8) is 0 Å². The van der Waals surface area contributed by atoms with Crippen molar-refractivity contribution in [1.29, 1.82) is 0 Å². The van der Waals surface area contributed by atoms with Crippen LogP contribution in [-0.2, 0) is 15.8 Å². The summed E-state index contributed by atoms with van der Waals surface area (Å²) in [5, 5.41) is 5.09. The van der Waals surface area contributed by atoms with E-state index >= 15 is 0 Å². The van der Waals surface area contributed by atoms with E-state index in [-0.39, 0.29) is 42.0 Å². The molecular formula is C21H20F3N3O4. The monoisotopic (exact) mass is 435 g/mol. The Morgan fingerprint density at radius 3 is 2.58 bits per heavy atom. The number of fused-ring (bicyclic) bond motifs is 1. The molecule has 0 radical (unpaired) electrons. The Morgan fingerprint density at radius 2 is 1.90 bits per heavy atom. The van der Waals surface area contributed by atoms with E-state index in [1.165, 1.54) is 35.2 Å². The summed E-state index contributed by atoms with van der Waals surface area (Å²) < 4.78 is 44.0. The third kappa shape index (κ3) is 5.33. The zero-order chi connectivity index (χ0) is 22.8. The van der Waals surface area contributed by atoms with E-state index in [9.17, 15) is 27.6 Å². The maximum atomic E-state index is 12.9. The highest BCUT2D eigenvalue weighted by Gasteiger charge is 2.31. The second kappa shape index (κ2) is 8.66. The van der Waals surface area contributed by atoms with E-state index in [4.69, 9.17) is 4.74 Å². The van der Waals surface area contributed by atoms with Gasteiger partial charge in [-0.05, 0) is 50.2 Å². The van der Waals surface area contributed by atoms with Crippen LogP contribution in [0.2, 0.25) is 0 Å². The number of halogens is 3. The third-order valence-corrected chi connectivity index (χ3v) is 4.36. The molecule has 2 N–H and O–H groups in total. The molecule has 3 amide bonds. The van der Waals surface area contributed by atoms with Gasteiger partial charge in [-0.15, -0.1) is 0 Å². The summed E-state index contributed by atoms with van der Waals surface area (Å²) in [6, 6.07) is 8.38. The number of carbonyl (C=O) groups excluding carboxylic acids is 3. The summed E-state index contributed by atoms with van der Waals surface area (Å²) in [6.45, 7) is 3.05. The van der Waals surface area contributed by atoms with Gasteiger partial charge in [0.2, 0.25) is 5.91 Å². The summed E-state index contributed by atoms with van der Waals surface area (Å²) in [5.74, 6) is -1.20. The maximum absolute atomic E-state index is 12.9. The molecule has 3 rings (SSSR count). The van der Waals surface area contributed by atoms with Gasteiger partial charge in [0, 0.05) is 17.3 Å². The van der Waals surface area contributed by atoms with Gasteiger partial charge >= 0.3 is 6.18 Å². The van der Waals surface area contributed by atoms with Gasteiger partial charge in [-0.2, -0.15) is 13.2 Å². The first-order chi connectivity index (χ1) is 14.5. The molecule has 1 heterocycles. The zero-order valence-corrected chi connectivity index (χ0v) is 16.7. The number of hydrogen-bond donors (Lipinski definition) is 2. The first-order valence-corrected chi connectivity index (χ1v) is 9.40. The normalized spacial score (nSPS) is 13.5. The molecule has 0 atom stereocenters. The summed E-state index contributed by atoms with van der Waals surface area (Å²) >= 11 is 0. The van der Waals surface area contributed by atoms with Gasteiger partial charge in [0.05, 0.1) is 11.3 Å². The molecule has 7 nitrogen and oxygen atoms in total. The van der Waals surface area contributed by atoms with Crippen molar-refractivity contribution in [1.82, 2.24) is 5.32 Å². The molecule has 0 unspecified atom stereocenters. The maximum Gasteiger partial charge on any atom is 0.416 e. The summed E-state index contributed by atoms with van der Waals surface area (Å²) in [6.07, 6.45) is -4.54. The lowest BCUT2D eigenvalue weighted by molar-refractivity contribution is -0.137. The highest BCUT2D eigenvalue weighted by Crippen LogP contribution is 2.34. The van der Waals surface area contributed by atoms with E-state index < -0.39 is 23.6 Å². The average molecular weight is 435 g/mol. The van der Waals surface area contributed by atoms with Gasteiger partial charge in [-0.25, -0.2) is 0 Å². The van der Waals surface area contributed by atoms with Crippen LogP contribution in [0.15, 0.2) is 42.5 Å². The minimum Gasteiger partial charge on any atom is -0.482 e. The molecule has 0 bridgehead atoms. The van der Waals surface area contributed by atoms with Crippen molar-refractivity contribution in [2.24, 2.45) is 0 Å². The molecule has 0 aliphatic carbocycles. The Hall–Kier alpha value is -3.56. The second-order valence-corrected chi connectivity index (χ2v) is 7.21. The van der Waals surface area contributed by atoms with Crippen LogP contribution in [0.3, 0.4) is 0 Å². The van der Waals surface area contributed by atoms with E-state index in [0.29, 0.717) is 5.75 Å². The van der Waals surface area contributed by atoms with Crippen molar-refractivity contribution in [2.45, 2.75) is 26.1 Å². The molecule has 2 aromatic carbocycles. The van der Waals surface area contributed by atoms with Gasteiger partial charge in [-0.3, -0.25) is 19.3 Å². The van der Waals surface area contributed by atoms with Crippen molar-refractivity contribution < 1.29 is 32.3 Å². The van der Waals surface area contributed by atoms with Gasteiger partial charge < -0.3 is 15.4 Å². The Balaban J connectivity index is 1.83. The first kappa shape index (κ1) is 22.1. The fourth-order valence-electron chi connectivity index (χ4n) is 3.00. The van der Waals surface area contributed by atoms with Crippen molar-refractivity contribution in [2.75, 3.05) is 23.4 Å². The highest BCUT2D eigenvalue weighted by molar-refractivity contribution is 6.07. The number of nitrogens with zero attached hydrogens (tertiary/aromatic N) is 1. The van der Waals surface area contributed by atoms with Crippen molar-refractivity contribution >= 4 is 29.1 Å². The van der Waals surface area contributed by atoms with Crippen LogP contribution in [0.25, 0.3) is 0 Å². The number of carbonyl (C=O) groups is 3. The molecule has 0 fully saturated rings. The number of anilines is 2. The molecule has 2 aromatic rings. The Morgan fingerprint density at radius 1 is 1.16 bits per heavy atom. The van der Waals surface area contributed by atoms with Crippen molar-refractivity contribution in [3.05, 3.63) is 53.6 Å². The number of ether oxygens (including phenoxy) is 1. The SMILES string of the molecule is CC(C)NC(=O)CN1C(=O)COc2ccc(C(=O)Nc3cccc(C(F)(F)F)c3)cc21. The minimum atomic E-state index is -4.54. The number of hydrogen-bond acceptors (Lipinski definition) is 4. The van der Waals surface area contributed by atoms with Crippen molar-refractivity contribution in [3.8, 4) is 5.75 Å². The molecule has 10 heteroatoms. The molecule has 1 aliphatic rings. The Kier molecular flexibility index (Phi) is 6.19. The number of benzene rings is 2. The summed E-state index contributed by atoms with van der Waals surface area (Å²) in [5.41, 5.74) is -0.606. The minimum absolute atomic E-state index is 0.0296. The number of rotatable bonds is 5. The largest absolute Gasteiger partial charge is 0.482 e. The van der Waals surface area contributed by atoms with E-state index in [1.54, 1.807) is 13.8 Å². The lowest BCUT2D eigenvalue weighted by Crippen LogP contribution is -2.46. The van der Waals surface area contributed by atoms with E-state index in [1.807, 2.05) is 0 Å². The standard InChI is InChI=1S/C21H20F3N3O4/c1-12(2)25-18(28)10-27-16-8-13(6-7-17(16)31-11-19(27)29)20(30)26-15-5-3-4-14(9-15)21(22,23)24/h3-9,12H,10-11H2,1-2H3,(H,25,28)(H,26,30). The highest BCUT2D eigenvalue weighted by atomic mass is 19.4. The van der Waals surface area contributed by atoms with Crippen LogP contribution < -0.4 is 20.3 Å². The predicted octanol–water partition coefficient (Wildman–Crippen LogP) is 3.21. The Labute approximate surface area is 176 Å². The van der Waals surface area contributed by atoms with Gasteiger partial charge in [0.15, 0.2) is 6.61 Å². The quantitative estimate of drug-likeness (QED) is 0.755.